The Morgan fingerprint density at radius 1 is 0.857 bits per heavy atom. The third kappa shape index (κ3) is 9.27. The Labute approximate surface area is 334 Å². The molecule has 2 unspecified atom stereocenters. The summed E-state index contributed by atoms with van der Waals surface area (Å²) < 4.78 is 16.7. The number of benzene rings is 4. The highest BCUT2D eigenvalue weighted by atomic mass is 35.5. The minimum absolute atomic E-state index is 0.0841. The molecule has 0 spiro atoms. The standard InChI is InChI=1S/C42H42Cl2N4O8/c43-33-12-11-30(22-34(33)44)54-25-39(50)45-35(20-27-6-2-1-3-7-27)36(49)24-48(40(51)16-19-47-41(52)31-8-4-5-9-32(31)42(47)53)29-14-17-46(18-15-29)23-28-10-13-37-38(21-28)56-26-55-37/h1-13,21-22,29,35-36,49H,14-20,23-26H2,(H,45,50). The summed E-state index contributed by atoms with van der Waals surface area (Å²) in [5.41, 5.74) is 2.59. The highest BCUT2D eigenvalue weighted by Crippen LogP contribution is 2.33. The predicted octanol–water partition coefficient (Wildman–Crippen LogP) is 5.37. The highest BCUT2D eigenvalue weighted by molar-refractivity contribution is 6.42. The molecule has 3 aliphatic rings. The molecule has 7 rings (SSSR count). The topological polar surface area (TPSA) is 138 Å². The van der Waals surface area contributed by atoms with Crippen molar-refractivity contribution in [2.45, 2.75) is 50.4 Å². The highest BCUT2D eigenvalue weighted by Gasteiger charge is 2.37. The maximum absolute atomic E-state index is 14.2. The van der Waals surface area contributed by atoms with E-state index in [1.807, 2.05) is 48.5 Å². The molecule has 4 aromatic rings. The fourth-order valence-electron chi connectivity index (χ4n) is 7.38. The van der Waals surface area contributed by atoms with Crippen LogP contribution in [0.5, 0.6) is 17.2 Å². The molecule has 2 N–H and O–H groups in total. The Balaban J connectivity index is 1.05. The molecule has 4 amide bonds. The number of carbonyl (C=O) groups excluding carboxylic acids is 4. The molecule has 1 saturated heterocycles. The van der Waals surface area contributed by atoms with E-state index in [2.05, 4.69) is 10.2 Å². The molecule has 14 heteroatoms. The van der Waals surface area contributed by atoms with Crippen molar-refractivity contribution in [1.29, 1.82) is 0 Å². The first-order valence-corrected chi connectivity index (χ1v) is 19.3. The van der Waals surface area contributed by atoms with Gasteiger partial charge in [-0.15, -0.1) is 0 Å². The summed E-state index contributed by atoms with van der Waals surface area (Å²) in [5.74, 6) is 0.154. The van der Waals surface area contributed by atoms with Crippen LogP contribution in [0.15, 0.2) is 91.0 Å². The predicted molar refractivity (Wildman–Crippen MR) is 209 cm³/mol. The van der Waals surface area contributed by atoms with Gasteiger partial charge in [-0.1, -0.05) is 71.7 Å². The summed E-state index contributed by atoms with van der Waals surface area (Å²) in [6.07, 6.45) is 0.236. The number of imide groups is 1. The number of nitrogens with one attached hydrogen (secondary N) is 1. The van der Waals surface area contributed by atoms with Crippen LogP contribution in [0.3, 0.4) is 0 Å². The number of nitrogens with zero attached hydrogens (tertiary/aromatic N) is 3. The maximum Gasteiger partial charge on any atom is 0.261 e. The van der Waals surface area contributed by atoms with E-state index in [9.17, 15) is 24.3 Å². The molecule has 12 nitrogen and oxygen atoms in total. The van der Waals surface area contributed by atoms with Crippen molar-refractivity contribution in [3.63, 3.8) is 0 Å². The minimum atomic E-state index is -1.18. The number of piperidine rings is 1. The summed E-state index contributed by atoms with van der Waals surface area (Å²) in [4.78, 5) is 58.8. The Hall–Kier alpha value is -5.14. The number of ether oxygens (including phenoxy) is 3. The van der Waals surface area contributed by atoms with Crippen LogP contribution in [0, 0.1) is 0 Å². The van der Waals surface area contributed by atoms with Crippen molar-refractivity contribution in [2.24, 2.45) is 0 Å². The van der Waals surface area contributed by atoms with Gasteiger partial charge in [-0.3, -0.25) is 29.0 Å². The largest absolute Gasteiger partial charge is 0.484 e. The lowest BCUT2D eigenvalue weighted by Gasteiger charge is -2.40. The first-order chi connectivity index (χ1) is 27.1. The number of aliphatic hydroxyl groups is 1. The Morgan fingerprint density at radius 3 is 2.27 bits per heavy atom. The quantitative estimate of drug-likeness (QED) is 0.152. The molecular formula is C42H42Cl2N4O8. The molecule has 0 aromatic heterocycles. The third-order valence-electron chi connectivity index (χ3n) is 10.3. The van der Waals surface area contributed by atoms with Crippen molar-refractivity contribution in [3.05, 3.63) is 123 Å². The minimum Gasteiger partial charge on any atom is -0.484 e. The summed E-state index contributed by atoms with van der Waals surface area (Å²) in [7, 11) is 0. The zero-order valence-corrected chi connectivity index (χ0v) is 32.1. The van der Waals surface area contributed by atoms with E-state index >= 15 is 0 Å². The lowest BCUT2D eigenvalue weighted by molar-refractivity contribution is -0.137. The average Bonchev–Trinajstić information content (AvgIpc) is 3.78. The second-order valence-electron chi connectivity index (χ2n) is 14.1. The number of carbonyl (C=O) groups is 4. The van der Waals surface area contributed by atoms with Gasteiger partial charge in [0.15, 0.2) is 18.1 Å². The van der Waals surface area contributed by atoms with Gasteiger partial charge in [-0.2, -0.15) is 0 Å². The summed E-state index contributed by atoms with van der Waals surface area (Å²) in [6, 6.07) is 25.6. The van der Waals surface area contributed by atoms with E-state index in [-0.39, 0.29) is 56.3 Å². The van der Waals surface area contributed by atoms with Crippen molar-refractivity contribution >= 4 is 46.8 Å². The molecule has 3 aliphatic heterocycles. The SMILES string of the molecule is O=C(COc1ccc(Cl)c(Cl)c1)NC(Cc1ccccc1)C(O)CN(C(=O)CCN1C(=O)c2ccccc2C1=O)C1CCN(Cc2ccc3c(c2)OCO3)CC1. The van der Waals surface area contributed by atoms with E-state index in [0.29, 0.717) is 54.4 Å². The number of fused-ring (bicyclic) bond motifs is 2. The maximum atomic E-state index is 14.2. The smallest absolute Gasteiger partial charge is 0.261 e. The molecule has 0 bridgehead atoms. The van der Waals surface area contributed by atoms with E-state index in [0.717, 1.165) is 27.5 Å². The van der Waals surface area contributed by atoms with Gasteiger partial charge >= 0.3 is 0 Å². The van der Waals surface area contributed by atoms with Crippen LogP contribution in [-0.2, 0) is 22.6 Å². The number of halogens is 2. The van der Waals surface area contributed by atoms with Crippen LogP contribution in [0.2, 0.25) is 10.0 Å². The first kappa shape index (κ1) is 39.1. The number of aliphatic hydroxyl groups excluding tert-OH is 1. The Kier molecular flexibility index (Phi) is 12.4. The lowest BCUT2D eigenvalue weighted by atomic mass is 9.97. The molecule has 0 aliphatic carbocycles. The van der Waals surface area contributed by atoms with Gasteiger partial charge in [-0.05, 0) is 66.8 Å². The summed E-state index contributed by atoms with van der Waals surface area (Å²) >= 11 is 12.1. The van der Waals surface area contributed by atoms with Crippen molar-refractivity contribution in [2.75, 3.05) is 39.6 Å². The number of hydrogen-bond acceptors (Lipinski definition) is 9. The second-order valence-corrected chi connectivity index (χ2v) is 14.9. The molecule has 56 heavy (non-hydrogen) atoms. The molecule has 292 valence electrons. The summed E-state index contributed by atoms with van der Waals surface area (Å²) in [6.45, 7) is 1.74. The molecule has 1 fully saturated rings. The molecule has 2 atom stereocenters. The van der Waals surface area contributed by atoms with E-state index < -0.39 is 29.9 Å². The normalized spacial score (nSPS) is 16.4. The van der Waals surface area contributed by atoms with Crippen LogP contribution in [0.4, 0.5) is 0 Å². The number of likely N-dealkylation sites (tertiary alicyclic amines) is 1. The van der Waals surface area contributed by atoms with Gasteiger partial charge in [0.25, 0.3) is 17.7 Å². The molecule has 4 aromatic carbocycles. The fraction of sp³-hybridized carbons (Fsp3) is 0.333. The number of hydrogen-bond donors (Lipinski definition) is 2. The first-order valence-electron chi connectivity index (χ1n) is 18.6. The molecular weight excluding hydrogens is 759 g/mol. The summed E-state index contributed by atoms with van der Waals surface area (Å²) in [5, 5.41) is 15.5. The zero-order chi connectivity index (χ0) is 39.2. The van der Waals surface area contributed by atoms with Crippen LogP contribution in [-0.4, -0.2) is 101 Å². The Morgan fingerprint density at radius 2 is 1.55 bits per heavy atom. The van der Waals surface area contributed by atoms with Crippen molar-refractivity contribution < 1.29 is 38.5 Å². The van der Waals surface area contributed by atoms with Crippen molar-refractivity contribution in [1.82, 2.24) is 20.0 Å². The average molecular weight is 802 g/mol. The molecule has 0 radical (unpaired) electrons. The second kappa shape index (κ2) is 17.8. The van der Waals surface area contributed by atoms with Gasteiger partial charge in [0, 0.05) is 51.3 Å². The molecule has 0 saturated carbocycles. The zero-order valence-electron chi connectivity index (χ0n) is 30.6. The fourth-order valence-corrected chi connectivity index (χ4v) is 7.67. The van der Waals surface area contributed by atoms with Crippen LogP contribution in [0.25, 0.3) is 0 Å². The number of rotatable bonds is 15. The third-order valence-corrected chi connectivity index (χ3v) is 11.1. The van der Waals surface area contributed by atoms with Gasteiger partial charge in [-0.25, -0.2) is 0 Å². The number of amides is 4. The van der Waals surface area contributed by atoms with Crippen LogP contribution >= 0.6 is 23.2 Å². The van der Waals surface area contributed by atoms with E-state index in [1.165, 1.54) is 6.07 Å². The van der Waals surface area contributed by atoms with Crippen LogP contribution in [0.1, 0.15) is 51.1 Å². The van der Waals surface area contributed by atoms with Gasteiger partial charge < -0.3 is 29.5 Å². The van der Waals surface area contributed by atoms with Gasteiger partial charge in [0.2, 0.25) is 12.7 Å². The Bertz CT molecular complexity index is 2040. The van der Waals surface area contributed by atoms with Gasteiger partial charge in [0.05, 0.1) is 33.3 Å². The van der Waals surface area contributed by atoms with E-state index in [4.69, 9.17) is 37.4 Å². The van der Waals surface area contributed by atoms with E-state index in [1.54, 1.807) is 41.3 Å². The monoisotopic (exact) mass is 800 g/mol. The molecule has 3 heterocycles. The van der Waals surface area contributed by atoms with Gasteiger partial charge in [0.1, 0.15) is 5.75 Å². The van der Waals surface area contributed by atoms with Crippen molar-refractivity contribution in [3.8, 4) is 17.2 Å². The van der Waals surface area contributed by atoms with Crippen LogP contribution < -0.4 is 19.5 Å². The lowest BCUT2D eigenvalue weighted by Crippen LogP contribution is -2.55.